The average Bonchev–Trinajstić information content (AvgIpc) is 2.90. The van der Waals surface area contributed by atoms with E-state index in [1.807, 2.05) is 0 Å². The molecule has 1 amide bonds. The molecule has 0 aliphatic carbocycles. The number of nitrogens with zero attached hydrogens (tertiary/aromatic N) is 1. The van der Waals surface area contributed by atoms with Gasteiger partial charge in [0.15, 0.2) is 9.84 Å². The number of aryl methyl sites for hydroxylation is 1. The minimum Gasteiger partial charge on any atom is -0.480 e. The molecule has 0 radical (unpaired) electrons. The molecule has 2 unspecified atom stereocenters. The van der Waals surface area contributed by atoms with Gasteiger partial charge in [-0.05, 0) is 24.6 Å². The predicted octanol–water partition coefficient (Wildman–Crippen LogP) is 0.713. The maximum Gasteiger partial charge on any atom is 0.326 e. The van der Waals surface area contributed by atoms with Crippen molar-refractivity contribution in [3.8, 4) is 0 Å². The molecule has 2 rings (SSSR count). The summed E-state index contributed by atoms with van der Waals surface area (Å²) in [6, 6.07) is 3.37. The van der Waals surface area contributed by atoms with Gasteiger partial charge in [0.25, 0.3) is 5.91 Å². The van der Waals surface area contributed by atoms with Gasteiger partial charge >= 0.3 is 5.97 Å². The normalized spacial score (nSPS) is 21.4. The van der Waals surface area contributed by atoms with Gasteiger partial charge in [-0.15, -0.1) is 0 Å². The molecule has 0 aromatic heterocycles. The van der Waals surface area contributed by atoms with E-state index < -0.39 is 27.8 Å². The van der Waals surface area contributed by atoms with Gasteiger partial charge in [0.1, 0.15) is 6.04 Å². The summed E-state index contributed by atoms with van der Waals surface area (Å²) >= 11 is 0. The Morgan fingerprint density at radius 1 is 1.35 bits per heavy atom. The summed E-state index contributed by atoms with van der Waals surface area (Å²) in [5.41, 5.74) is 0.689. The Morgan fingerprint density at radius 2 is 2.00 bits per heavy atom. The van der Waals surface area contributed by atoms with Crippen molar-refractivity contribution in [2.75, 3.05) is 19.9 Å². The first-order valence-electron chi connectivity index (χ1n) is 7.02. The van der Waals surface area contributed by atoms with Crippen molar-refractivity contribution < 1.29 is 27.9 Å². The summed E-state index contributed by atoms with van der Waals surface area (Å²) in [5.74, 6) is -1.62. The maximum atomic E-state index is 12.6. The van der Waals surface area contributed by atoms with Crippen LogP contribution in [0.15, 0.2) is 23.1 Å². The second kappa shape index (κ2) is 6.29. The lowest BCUT2D eigenvalue weighted by Crippen LogP contribution is -2.40. The quantitative estimate of drug-likeness (QED) is 0.866. The predicted molar refractivity (Wildman–Crippen MR) is 82.2 cm³/mol. The van der Waals surface area contributed by atoms with Gasteiger partial charge in [-0.3, -0.25) is 4.79 Å². The standard InChI is InChI=1S/C15H19NO6S/c1-9-4-5-10(6-13(9)23(3,20)21)14(17)16-8-11(22-2)7-12(16)15(18)19/h4-6,11-12H,7-8H2,1-3H3,(H,18,19). The lowest BCUT2D eigenvalue weighted by atomic mass is 10.1. The van der Waals surface area contributed by atoms with E-state index in [0.717, 1.165) is 6.26 Å². The number of hydrogen-bond acceptors (Lipinski definition) is 5. The topological polar surface area (TPSA) is 101 Å². The molecule has 1 aliphatic heterocycles. The molecule has 1 aromatic carbocycles. The van der Waals surface area contributed by atoms with Crippen LogP contribution in [0.4, 0.5) is 0 Å². The van der Waals surface area contributed by atoms with Crippen LogP contribution in [0.3, 0.4) is 0 Å². The fourth-order valence-corrected chi connectivity index (χ4v) is 3.72. The average molecular weight is 341 g/mol. The lowest BCUT2D eigenvalue weighted by molar-refractivity contribution is -0.141. The van der Waals surface area contributed by atoms with Gasteiger partial charge in [-0.25, -0.2) is 13.2 Å². The minimum absolute atomic E-state index is 0.0673. The van der Waals surface area contributed by atoms with Crippen LogP contribution in [-0.2, 0) is 19.4 Å². The molecule has 23 heavy (non-hydrogen) atoms. The monoisotopic (exact) mass is 341 g/mol. The first-order chi connectivity index (χ1) is 10.6. The number of aliphatic carboxylic acids is 1. The Labute approximate surface area is 134 Å². The van der Waals surface area contributed by atoms with Gasteiger partial charge in [0, 0.05) is 31.9 Å². The summed E-state index contributed by atoms with van der Waals surface area (Å²) in [7, 11) is -2.01. The third-order valence-corrected chi connectivity index (χ3v) is 5.22. The van der Waals surface area contributed by atoms with Crippen molar-refractivity contribution in [3.05, 3.63) is 29.3 Å². The molecular formula is C15H19NO6S. The van der Waals surface area contributed by atoms with Crippen LogP contribution in [-0.4, -0.2) is 62.4 Å². The summed E-state index contributed by atoms with van der Waals surface area (Å²) in [5, 5.41) is 9.28. The number of likely N-dealkylation sites (tertiary alicyclic amines) is 1. The molecule has 1 aliphatic rings. The maximum absolute atomic E-state index is 12.6. The van der Waals surface area contributed by atoms with Crippen molar-refractivity contribution in [3.63, 3.8) is 0 Å². The first kappa shape index (κ1) is 17.4. The van der Waals surface area contributed by atoms with Crippen LogP contribution in [0.2, 0.25) is 0 Å². The summed E-state index contributed by atoms with van der Waals surface area (Å²) < 4.78 is 28.7. The second-order valence-electron chi connectivity index (χ2n) is 5.66. The Morgan fingerprint density at radius 3 is 2.52 bits per heavy atom. The van der Waals surface area contributed by atoms with Crippen molar-refractivity contribution in [2.45, 2.75) is 30.4 Å². The van der Waals surface area contributed by atoms with Crippen LogP contribution >= 0.6 is 0 Å². The van der Waals surface area contributed by atoms with Crippen LogP contribution in [0.5, 0.6) is 0 Å². The van der Waals surface area contributed by atoms with E-state index in [-0.39, 0.29) is 29.5 Å². The number of carboxylic acid groups (broad SMARTS) is 1. The highest BCUT2D eigenvalue weighted by Gasteiger charge is 2.40. The highest BCUT2D eigenvalue weighted by Crippen LogP contribution is 2.24. The van der Waals surface area contributed by atoms with Crippen molar-refractivity contribution in [1.29, 1.82) is 0 Å². The fraction of sp³-hybridized carbons (Fsp3) is 0.467. The van der Waals surface area contributed by atoms with E-state index in [1.54, 1.807) is 13.0 Å². The number of amides is 1. The lowest BCUT2D eigenvalue weighted by Gasteiger charge is -2.21. The molecule has 7 nitrogen and oxygen atoms in total. The number of carbonyl (C=O) groups excluding carboxylic acids is 1. The number of benzene rings is 1. The Bertz CT molecular complexity index is 742. The smallest absolute Gasteiger partial charge is 0.326 e. The molecule has 0 spiro atoms. The highest BCUT2D eigenvalue weighted by molar-refractivity contribution is 7.90. The number of rotatable bonds is 4. The number of carbonyl (C=O) groups is 2. The number of ether oxygens (including phenoxy) is 1. The van der Waals surface area contributed by atoms with Crippen LogP contribution in [0.1, 0.15) is 22.3 Å². The third kappa shape index (κ3) is 3.53. The van der Waals surface area contributed by atoms with E-state index in [4.69, 9.17) is 4.74 Å². The van der Waals surface area contributed by atoms with Crippen LogP contribution in [0.25, 0.3) is 0 Å². The molecule has 1 heterocycles. The van der Waals surface area contributed by atoms with E-state index >= 15 is 0 Å². The third-order valence-electron chi connectivity index (χ3n) is 3.98. The number of hydrogen-bond donors (Lipinski definition) is 1. The van der Waals surface area contributed by atoms with Gasteiger partial charge in [0.2, 0.25) is 0 Å². The minimum atomic E-state index is -3.47. The molecule has 0 bridgehead atoms. The molecule has 0 saturated carbocycles. The zero-order chi connectivity index (χ0) is 17.4. The van der Waals surface area contributed by atoms with Gasteiger partial charge in [-0.2, -0.15) is 0 Å². The van der Waals surface area contributed by atoms with E-state index in [0.29, 0.717) is 5.56 Å². The number of sulfone groups is 1. The molecule has 8 heteroatoms. The Hall–Kier alpha value is -1.93. The summed E-state index contributed by atoms with van der Waals surface area (Å²) in [6.07, 6.45) is 0.933. The van der Waals surface area contributed by atoms with Gasteiger partial charge in [-0.1, -0.05) is 6.07 Å². The SMILES string of the molecule is COC1CC(C(=O)O)N(C(=O)c2ccc(C)c(S(C)(=O)=O)c2)C1. The van der Waals surface area contributed by atoms with Crippen molar-refractivity contribution >= 4 is 21.7 Å². The molecule has 2 atom stereocenters. The van der Waals surface area contributed by atoms with E-state index in [1.165, 1.54) is 24.1 Å². The largest absolute Gasteiger partial charge is 0.480 e. The molecule has 1 saturated heterocycles. The second-order valence-corrected chi connectivity index (χ2v) is 7.64. The molecule has 1 N–H and O–H groups in total. The Balaban J connectivity index is 2.38. The number of methoxy groups -OCH3 is 1. The zero-order valence-corrected chi connectivity index (χ0v) is 14.0. The van der Waals surface area contributed by atoms with Gasteiger partial charge in [0.05, 0.1) is 11.0 Å². The van der Waals surface area contributed by atoms with Gasteiger partial charge < -0.3 is 14.7 Å². The van der Waals surface area contributed by atoms with E-state index in [2.05, 4.69) is 0 Å². The molecule has 1 aromatic rings. The molecule has 126 valence electrons. The van der Waals surface area contributed by atoms with Crippen molar-refractivity contribution in [1.82, 2.24) is 4.90 Å². The fourth-order valence-electron chi connectivity index (χ4n) is 2.73. The summed E-state index contributed by atoms with van der Waals surface area (Å²) in [6.45, 7) is 1.80. The van der Waals surface area contributed by atoms with Crippen LogP contribution in [0, 0.1) is 6.92 Å². The molecular weight excluding hydrogens is 322 g/mol. The highest BCUT2D eigenvalue weighted by atomic mass is 32.2. The first-order valence-corrected chi connectivity index (χ1v) is 8.91. The zero-order valence-electron chi connectivity index (χ0n) is 13.1. The van der Waals surface area contributed by atoms with Crippen LogP contribution < -0.4 is 0 Å². The van der Waals surface area contributed by atoms with E-state index in [9.17, 15) is 23.1 Å². The van der Waals surface area contributed by atoms with Crippen molar-refractivity contribution in [2.24, 2.45) is 0 Å². The Kier molecular flexibility index (Phi) is 4.76. The summed E-state index contributed by atoms with van der Waals surface area (Å²) in [4.78, 5) is 25.3. The number of carboxylic acids is 1. The molecule has 1 fully saturated rings.